The normalized spacial score (nSPS) is 24.9. The van der Waals surface area contributed by atoms with Crippen LogP contribution < -0.4 is 5.73 Å². The molecule has 0 bridgehead atoms. The van der Waals surface area contributed by atoms with E-state index in [-0.39, 0.29) is 29.1 Å². The molecule has 4 nitrogen and oxygen atoms in total. The second-order valence-electron chi connectivity index (χ2n) is 3.66. The number of amides is 2. The SMILES string of the molecule is CC(CC(N)=O)N1CCCC(Br)C1=O. The average molecular weight is 263 g/mol. The molecular weight excluding hydrogens is 248 g/mol. The molecule has 0 saturated carbocycles. The summed E-state index contributed by atoms with van der Waals surface area (Å²) in [4.78, 5) is 24.0. The van der Waals surface area contributed by atoms with Gasteiger partial charge in [-0.1, -0.05) is 15.9 Å². The summed E-state index contributed by atoms with van der Waals surface area (Å²) in [6.45, 7) is 2.59. The quantitative estimate of drug-likeness (QED) is 0.759. The van der Waals surface area contributed by atoms with Crippen molar-refractivity contribution in [1.29, 1.82) is 0 Å². The van der Waals surface area contributed by atoms with Crippen molar-refractivity contribution < 1.29 is 9.59 Å². The van der Waals surface area contributed by atoms with Crippen LogP contribution >= 0.6 is 15.9 Å². The first-order chi connectivity index (χ1) is 6.52. The molecule has 2 amide bonds. The summed E-state index contributed by atoms with van der Waals surface area (Å²) in [5.41, 5.74) is 5.09. The molecule has 0 spiro atoms. The van der Waals surface area contributed by atoms with E-state index in [9.17, 15) is 9.59 Å². The van der Waals surface area contributed by atoms with Crippen molar-refractivity contribution >= 4 is 27.7 Å². The van der Waals surface area contributed by atoms with Crippen LogP contribution in [0.1, 0.15) is 26.2 Å². The summed E-state index contributed by atoms with van der Waals surface area (Å²) in [6.07, 6.45) is 2.09. The number of halogens is 1. The number of primary amides is 1. The summed E-state index contributed by atoms with van der Waals surface area (Å²) in [5, 5.41) is 0. The number of piperidine rings is 1. The van der Waals surface area contributed by atoms with Crippen LogP contribution in [0.4, 0.5) is 0 Å². The minimum absolute atomic E-state index is 0.0741. The highest BCUT2D eigenvalue weighted by molar-refractivity contribution is 9.10. The van der Waals surface area contributed by atoms with Crippen molar-refractivity contribution in [3.8, 4) is 0 Å². The van der Waals surface area contributed by atoms with Crippen LogP contribution in [0.2, 0.25) is 0 Å². The second-order valence-corrected chi connectivity index (χ2v) is 4.77. The standard InChI is InChI=1S/C9H15BrN2O2/c1-6(5-8(11)13)12-4-2-3-7(10)9(12)14/h6-7H,2-5H2,1H3,(H2,11,13). The highest BCUT2D eigenvalue weighted by atomic mass is 79.9. The van der Waals surface area contributed by atoms with E-state index in [1.807, 2.05) is 6.92 Å². The van der Waals surface area contributed by atoms with Crippen LogP contribution in [-0.2, 0) is 9.59 Å². The lowest BCUT2D eigenvalue weighted by atomic mass is 10.1. The molecule has 1 rings (SSSR count). The van der Waals surface area contributed by atoms with Gasteiger partial charge in [-0.3, -0.25) is 9.59 Å². The maximum Gasteiger partial charge on any atom is 0.236 e. The van der Waals surface area contributed by atoms with Gasteiger partial charge in [0.15, 0.2) is 0 Å². The molecule has 0 aromatic rings. The van der Waals surface area contributed by atoms with Gasteiger partial charge < -0.3 is 10.6 Å². The Morgan fingerprint density at radius 2 is 2.43 bits per heavy atom. The van der Waals surface area contributed by atoms with E-state index in [4.69, 9.17) is 5.73 Å². The Balaban J connectivity index is 2.57. The smallest absolute Gasteiger partial charge is 0.236 e. The third-order valence-electron chi connectivity index (χ3n) is 2.44. The Kier molecular flexibility index (Phi) is 3.92. The summed E-state index contributed by atoms with van der Waals surface area (Å²) < 4.78 is 0. The molecule has 2 atom stereocenters. The molecule has 0 radical (unpaired) electrons. The number of hydrogen-bond donors (Lipinski definition) is 1. The van der Waals surface area contributed by atoms with Crippen molar-refractivity contribution in [2.24, 2.45) is 5.73 Å². The lowest BCUT2D eigenvalue weighted by Gasteiger charge is -2.34. The van der Waals surface area contributed by atoms with Gasteiger partial charge >= 0.3 is 0 Å². The Morgan fingerprint density at radius 1 is 1.79 bits per heavy atom. The molecule has 1 heterocycles. The number of carbonyl (C=O) groups is 2. The monoisotopic (exact) mass is 262 g/mol. The summed E-state index contributed by atoms with van der Waals surface area (Å²) in [5.74, 6) is -0.285. The molecule has 0 aromatic carbocycles. The van der Waals surface area contributed by atoms with E-state index in [0.717, 1.165) is 19.4 Å². The molecule has 0 aliphatic carbocycles. The number of hydrogen-bond acceptors (Lipinski definition) is 2. The summed E-state index contributed by atoms with van der Waals surface area (Å²) in [7, 11) is 0. The third kappa shape index (κ3) is 2.70. The summed E-state index contributed by atoms with van der Waals surface area (Å²) >= 11 is 3.32. The van der Waals surface area contributed by atoms with Crippen LogP contribution in [0, 0.1) is 0 Å². The maximum absolute atomic E-state index is 11.7. The van der Waals surface area contributed by atoms with E-state index in [0.29, 0.717) is 0 Å². The molecule has 0 aromatic heterocycles. The van der Waals surface area contributed by atoms with Gasteiger partial charge in [-0.2, -0.15) is 0 Å². The van der Waals surface area contributed by atoms with Crippen molar-refractivity contribution in [1.82, 2.24) is 4.90 Å². The van der Waals surface area contributed by atoms with Gasteiger partial charge in [-0.25, -0.2) is 0 Å². The molecular formula is C9H15BrN2O2. The maximum atomic E-state index is 11.7. The number of carbonyl (C=O) groups excluding carboxylic acids is 2. The van der Waals surface area contributed by atoms with Gasteiger partial charge in [-0.05, 0) is 19.8 Å². The Hall–Kier alpha value is -0.580. The average Bonchev–Trinajstić information content (AvgIpc) is 2.08. The zero-order valence-electron chi connectivity index (χ0n) is 8.20. The molecule has 14 heavy (non-hydrogen) atoms. The van der Waals surface area contributed by atoms with Crippen LogP contribution in [0.25, 0.3) is 0 Å². The molecule has 1 aliphatic heterocycles. The largest absolute Gasteiger partial charge is 0.370 e. The van der Waals surface area contributed by atoms with Gasteiger partial charge in [0.05, 0.1) is 4.83 Å². The Morgan fingerprint density at radius 3 is 3.00 bits per heavy atom. The highest BCUT2D eigenvalue weighted by Crippen LogP contribution is 2.21. The van der Waals surface area contributed by atoms with Gasteiger partial charge in [0, 0.05) is 19.0 Å². The predicted molar refractivity (Wildman–Crippen MR) is 56.9 cm³/mol. The Bertz CT molecular complexity index is 245. The first-order valence-electron chi connectivity index (χ1n) is 4.75. The second kappa shape index (κ2) is 4.77. The number of alkyl halides is 1. The minimum atomic E-state index is -0.359. The number of nitrogens with two attached hydrogens (primary N) is 1. The van der Waals surface area contributed by atoms with Crippen LogP contribution in [0.3, 0.4) is 0 Å². The van der Waals surface area contributed by atoms with Gasteiger partial charge in [0.1, 0.15) is 0 Å². The van der Waals surface area contributed by atoms with E-state index in [1.54, 1.807) is 4.90 Å². The molecule has 1 saturated heterocycles. The molecule has 80 valence electrons. The minimum Gasteiger partial charge on any atom is -0.370 e. The topological polar surface area (TPSA) is 63.4 Å². The Labute approximate surface area is 91.9 Å². The van der Waals surface area contributed by atoms with Crippen LogP contribution in [-0.4, -0.2) is 34.1 Å². The fourth-order valence-corrected chi connectivity index (χ4v) is 2.28. The molecule has 2 N–H and O–H groups in total. The van der Waals surface area contributed by atoms with Gasteiger partial charge in [0.2, 0.25) is 11.8 Å². The zero-order valence-corrected chi connectivity index (χ0v) is 9.79. The number of rotatable bonds is 3. The van der Waals surface area contributed by atoms with E-state index in [1.165, 1.54) is 0 Å². The number of likely N-dealkylation sites (tertiary alicyclic amines) is 1. The van der Waals surface area contributed by atoms with E-state index >= 15 is 0 Å². The van der Waals surface area contributed by atoms with Crippen LogP contribution in [0.15, 0.2) is 0 Å². The van der Waals surface area contributed by atoms with Crippen molar-refractivity contribution in [3.63, 3.8) is 0 Å². The zero-order chi connectivity index (χ0) is 10.7. The lowest BCUT2D eigenvalue weighted by molar-refractivity contribution is -0.135. The first-order valence-corrected chi connectivity index (χ1v) is 5.66. The van der Waals surface area contributed by atoms with Gasteiger partial charge in [0.25, 0.3) is 0 Å². The van der Waals surface area contributed by atoms with Crippen molar-refractivity contribution in [2.45, 2.75) is 37.1 Å². The van der Waals surface area contributed by atoms with Crippen molar-refractivity contribution in [3.05, 3.63) is 0 Å². The van der Waals surface area contributed by atoms with Gasteiger partial charge in [-0.15, -0.1) is 0 Å². The number of nitrogens with zero attached hydrogens (tertiary/aromatic N) is 1. The predicted octanol–water partition coefficient (Wildman–Crippen LogP) is 0.636. The highest BCUT2D eigenvalue weighted by Gasteiger charge is 2.30. The van der Waals surface area contributed by atoms with Crippen molar-refractivity contribution in [2.75, 3.05) is 6.54 Å². The fourth-order valence-electron chi connectivity index (χ4n) is 1.69. The summed E-state index contributed by atoms with van der Waals surface area (Å²) in [6, 6.07) is -0.0830. The molecule has 1 fully saturated rings. The molecule has 1 aliphatic rings. The fraction of sp³-hybridized carbons (Fsp3) is 0.778. The van der Waals surface area contributed by atoms with Crippen LogP contribution in [0.5, 0.6) is 0 Å². The molecule has 2 unspecified atom stereocenters. The lowest BCUT2D eigenvalue weighted by Crippen LogP contribution is -2.47. The van der Waals surface area contributed by atoms with E-state index in [2.05, 4.69) is 15.9 Å². The van der Waals surface area contributed by atoms with E-state index < -0.39 is 0 Å². The third-order valence-corrected chi connectivity index (χ3v) is 3.29. The first kappa shape index (κ1) is 11.5. The molecule has 5 heteroatoms.